The Morgan fingerprint density at radius 1 is 1.40 bits per heavy atom. The molecule has 0 saturated heterocycles. The number of rotatable bonds is 3. The van der Waals surface area contributed by atoms with Crippen molar-refractivity contribution in [2.75, 3.05) is 0 Å². The molecule has 0 aliphatic heterocycles. The van der Waals surface area contributed by atoms with E-state index in [1.165, 1.54) is 0 Å². The van der Waals surface area contributed by atoms with Gasteiger partial charge in [-0.2, -0.15) is 0 Å². The first-order valence-electron chi connectivity index (χ1n) is 4.78. The van der Waals surface area contributed by atoms with Crippen molar-refractivity contribution in [3.8, 4) is 0 Å². The summed E-state index contributed by atoms with van der Waals surface area (Å²) < 4.78 is 0. The largest absolute Gasteiger partial charge is 0.370 e. The number of hydrogen-bond acceptors (Lipinski definition) is 2. The van der Waals surface area contributed by atoms with E-state index in [-0.39, 0.29) is 18.4 Å². The molecule has 78 valence electrons. The van der Waals surface area contributed by atoms with Gasteiger partial charge < -0.3 is 16.5 Å². The minimum absolute atomic E-state index is 0.177. The summed E-state index contributed by atoms with van der Waals surface area (Å²) >= 11 is 0. The normalized spacial score (nSPS) is 12.9. The average molecular weight is 203 g/mol. The summed E-state index contributed by atoms with van der Waals surface area (Å²) in [6.45, 7) is 0. The molecule has 0 aliphatic rings. The van der Waals surface area contributed by atoms with E-state index in [0.717, 1.165) is 16.5 Å². The molecule has 2 rings (SSSR count). The second-order valence-corrected chi connectivity index (χ2v) is 3.60. The molecule has 1 heterocycles. The van der Waals surface area contributed by atoms with E-state index in [4.69, 9.17) is 11.5 Å². The van der Waals surface area contributed by atoms with Crippen LogP contribution in [0.25, 0.3) is 10.9 Å². The number of hydrogen-bond donors (Lipinski definition) is 3. The summed E-state index contributed by atoms with van der Waals surface area (Å²) in [7, 11) is 0. The Morgan fingerprint density at radius 2 is 2.20 bits per heavy atom. The lowest BCUT2D eigenvalue weighted by Gasteiger charge is -2.09. The van der Waals surface area contributed by atoms with Crippen LogP contribution < -0.4 is 11.5 Å². The third kappa shape index (κ3) is 1.99. The molecule has 2 aromatic rings. The summed E-state index contributed by atoms with van der Waals surface area (Å²) in [6.07, 6.45) is 2.05. The molecule has 4 heteroatoms. The van der Waals surface area contributed by atoms with Crippen molar-refractivity contribution in [3.05, 3.63) is 36.0 Å². The summed E-state index contributed by atoms with van der Waals surface area (Å²) in [5.41, 5.74) is 12.9. The number of aromatic nitrogens is 1. The number of nitrogens with one attached hydrogen (secondary N) is 1. The van der Waals surface area contributed by atoms with Crippen molar-refractivity contribution < 1.29 is 4.79 Å². The summed E-state index contributed by atoms with van der Waals surface area (Å²) in [5, 5.41) is 1.09. The minimum Gasteiger partial charge on any atom is -0.370 e. The van der Waals surface area contributed by atoms with E-state index >= 15 is 0 Å². The molecular weight excluding hydrogens is 190 g/mol. The van der Waals surface area contributed by atoms with Gasteiger partial charge in [-0.05, 0) is 29.1 Å². The molecule has 0 aliphatic carbocycles. The quantitative estimate of drug-likeness (QED) is 0.696. The molecule has 1 aromatic heterocycles. The standard InChI is InChI=1S/C11H13N3O/c12-9(6-11(13)15)7-1-2-10-8(5-7)3-4-14-10/h1-5,9,14H,6,12H2,(H2,13,15). The van der Waals surface area contributed by atoms with Crippen molar-refractivity contribution in [2.24, 2.45) is 11.5 Å². The highest BCUT2D eigenvalue weighted by Gasteiger charge is 2.09. The Kier molecular flexibility index (Phi) is 2.43. The van der Waals surface area contributed by atoms with Gasteiger partial charge in [-0.25, -0.2) is 0 Å². The highest BCUT2D eigenvalue weighted by Crippen LogP contribution is 2.19. The molecule has 5 N–H and O–H groups in total. The predicted octanol–water partition coefficient (Wildman–Crippen LogP) is 1.04. The molecule has 15 heavy (non-hydrogen) atoms. The van der Waals surface area contributed by atoms with E-state index in [0.29, 0.717) is 0 Å². The number of carbonyl (C=O) groups is 1. The monoisotopic (exact) mass is 203 g/mol. The summed E-state index contributed by atoms with van der Waals surface area (Å²) in [5.74, 6) is -0.378. The Morgan fingerprint density at radius 3 is 2.93 bits per heavy atom. The molecule has 0 spiro atoms. The number of aromatic amines is 1. The highest BCUT2D eigenvalue weighted by atomic mass is 16.1. The van der Waals surface area contributed by atoms with Crippen LogP contribution in [0.3, 0.4) is 0 Å². The van der Waals surface area contributed by atoms with Gasteiger partial charge in [-0.1, -0.05) is 6.07 Å². The molecular formula is C11H13N3O. The molecule has 1 unspecified atom stereocenters. The number of carbonyl (C=O) groups excluding carboxylic acids is 1. The van der Waals surface area contributed by atoms with Gasteiger partial charge in [0, 0.05) is 24.2 Å². The van der Waals surface area contributed by atoms with Crippen LogP contribution in [0.2, 0.25) is 0 Å². The van der Waals surface area contributed by atoms with Crippen LogP contribution >= 0.6 is 0 Å². The summed E-state index contributed by atoms with van der Waals surface area (Å²) in [6, 6.07) is 7.48. The van der Waals surface area contributed by atoms with Gasteiger partial charge in [0.15, 0.2) is 0 Å². The Balaban J connectivity index is 2.30. The lowest BCUT2D eigenvalue weighted by Crippen LogP contribution is -2.20. The fraction of sp³-hybridized carbons (Fsp3) is 0.182. The van der Waals surface area contributed by atoms with Crippen molar-refractivity contribution in [2.45, 2.75) is 12.5 Å². The second-order valence-electron chi connectivity index (χ2n) is 3.60. The van der Waals surface area contributed by atoms with Crippen molar-refractivity contribution >= 4 is 16.8 Å². The van der Waals surface area contributed by atoms with Crippen LogP contribution in [0, 0.1) is 0 Å². The first-order valence-corrected chi connectivity index (χ1v) is 4.78. The van der Waals surface area contributed by atoms with E-state index in [2.05, 4.69) is 4.98 Å². The molecule has 0 fully saturated rings. The van der Waals surface area contributed by atoms with Gasteiger partial charge in [-0.3, -0.25) is 4.79 Å². The molecule has 1 atom stereocenters. The van der Waals surface area contributed by atoms with Crippen molar-refractivity contribution in [1.82, 2.24) is 4.98 Å². The van der Waals surface area contributed by atoms with Gasteiger partial charge in [0.2, 0.25) is 5.91 Å². The molecule has 0 saturated carbocycles. The maximum atomic E-state index is 10.7. The first kappa shape index (κ1) is 9.73. The molecule has 1 amide bonds. The van der Waals surface area contributed by atoms with Gasteiger partial charge in [0.05, 0.1) is 0 Å². The predicted molar refractivity (Wildman–Crippen MR) is 59.0 cm³/mol. The Labute approximate surface area is 87.3 Å². The Bertz CT molecular complexity index is 489. The zero-order valence-corrected chi connectivity index (χ0v) is 8.23. The maximum Gasteiger partial charge on any atom is 0.219 e. The van der Waals surface area contributed by atoms with E-state index < -0.39 is 0 Å². The maximum absolute atomic E-state index is 10.7. The summed E-state index contributed by atoms with van der Waals surface area (Å²) in [4.78, 5) is 13.8. The minimum atomic E-state index is -0.378. The average Bonchev–Trinajstić information content (AvgIpc) is 2.62. The van der Waals surface area contributed by atoms with Crippen LogP contribution in [0.5, 0.6) is 0 Å². The van der Waals surface area contributed by atoms with Crippen LogP contribution in [0.1, 0.15) is 18.0 Å². The lowest BCUT2D eigenvalue weighted by molar-refractivity contribution is -0.118. The number of benzene rings is 1. The second kappa shape index (κ2) is 3.74. The van der Waals surface area contributed by atoms with Crippen LogP contribution in [-0.4, -0.2) is 10.9 Å². The SMILES string of the molecule is NC(=O)CC(N)c1ccc2[nH]ccc2c1. The number of amides is 1. The zero-order chi connectivity index (χ0) is 10.8. The fourth-order valence-corrected chi connectivity index (χ4v) is 1.64. The van der Waals surface area contributed by atoms with Crippen molar-refractivity contribution in [3.63, 3.8) is 0 Å². The zero-order valence-electron chi connectivity index (χ0n) is 8.23. The van der Waals surface area contributed by atoms with E-state index in [1.54, 1.807) is 0 Å². The first-order chi connectivity index (χ1) is 7.16. The highest BCUT2D eigenvalue weighted by molar-refractivity contribution is 5.80. The number of fused-ring (bicyclic) bond motifs is 1. The van der Waals surface area contributed by atoms with Crippen molar-refractivity contribution in [1.29, 1.82) is 0 Å². The van der Waals surface area contributed by atoms with Gasteiger partial charge >= 0.3 is 0 Å². The molecule has 1 aromatic carbocycles. The smallest absolute Gasteiger partial charge is 0.219 e. The van der Waals surface area contributed by atoms with Crippen LogP contribution in [0.4, 0.5) is 0 Å². The molecule has 0 radical (unpaired) electrons. The molecule has 4 nitrogen and oxygen atoms in total. The van der Waals surface area contributed by atoms with Gasteiger partial charge in [0.1, 0.15) is 0 Å². The van der Waals surface area contributed by atoms with Gasteiger partial charge in [-0.15, -0.1) is 0 Å². The number of H-pyrrole nitrogens is 1. The lowest BCUT2D eigenvalue weighted by atomic mass is 10.0. The topological polar surface area (TPSA) is 84.9 Å². The van der Waals surface area contributed by atoms with E-state index in [9.17, 15) is 4.79 Å². The van der Waals surface area contributed by atoms with Crippen LogP contribution in [-0.2, 0) is 4.79 Å². The van der Waals surface area contributed by atoms with Gasteiger partial charge in [0.25, 0.3) is 0 Å². The third-order valence-electron chi connectivity index (χ3n) is 2.43. The van der Waals surface area contributed by atoms with E-state index in [1.807, 2.05) is 30.5 Å². The Hall–Kier alpha value is -1.81. The van der Waals surface area contributed by atoms with Crippen LogP contribution in [0.15, 0.2) is 30.5 Å². The number of nitrogens with two attached hydrogens (primary N) is 2. The fourth-order valence-electron chi connectivity index (χ4n) is 1.64. The molecule has 0 bridgehead atoms. The number of primary amides is 1. The third-order valence-corrected chi connectivity index (χ3v) is 2.43.